The third-order valence-corrected chi connectivity index (χ3v) is 5.35. The molecular formula is C26H24ClNO5. The molecule has 3 rings (SSSR count). The molecule has 0 radical (unpaired) electrons. The molecule has 1 unspecified atom stereocenters. The number of carbonyl (C=O) groups is 3. The zero-order valence-corrected chi connectivity index (χ0v) is 19.1. The fraction of sp³-hybridized carbons (Fsp3) is 0.192. The molecular weight excluding hydrogens is 442 g/mol. The third-order valence-electron chi connectivity index (χ3n) is 5.11. The minimum absolute atomic E-state index is 0.0616. The van der Waals surface area contributed by atoms with Crippen molar-refractivity contribution in [2.75, 3.05) is 19.5 Å². The van der Waals surface area contributed by atoms with Gasteiger partial charge in [0.05, 0.1) is 14.2 Å². The zero-order chi connectivity index (χ0) is 23.8. The van der Waals surface area contributed by atoms with Crippen molar-refractivity contribution < 1.29 is 23.9 Å². The molecule has 0 bridgehead atoms. The Balaban J connectivity index is 1.77. The van der Waals surface area contributed by atoms with Crippen molar-refractivity contribution in [2.45, 2.75) is 18.8 Å². The molecule has 7 heteroatoms. The first-order valence-electron chi connectivity index (χ1n) is 10.3. The first-order chi connectivity index (χ1) is 15.9. The van der Waals surface area contributed by atoms with Gasteiger partial charge in [-0.3, -0.25) is 14.4 Å². The van der Waals surface area contributed by atoms with E-state index in [-0.39, 0.29) is 30.3 Å². The lowest BCUT2D eigenvalue weighted by Crippen LogP contribution is -2.24. The van der Waals surface area contributed by atoms with Gasteiger partial charge in [0.2, 0.25) is 5.91 Å². The van der Waals surface area contributed by atoms with Gasteiger partial charge in [-0.05, 0) is 60.2 Å². The summed E-state index contributed by atoms with van der Waals surface area (Å²) in [4.78, 5) is 38.8. The maximum Gasteiger partial charge on any atom is 0.224 e. The number of ketones is 2. The highest BCUT2D eigenvalue weighted by molar-refractivity contribution is 6.30. The second-order valence-electron chi connectivity index (χ2n) is 7.32. The second-order valence-corrected chi connectivity index (χ2v) is 7.76. The first-order valence-corrected chi connectivity index (χ1v) is 10.7. The standard InChI is InChI=1S/C26H24ClNO5/c1-32-21-10-6-17(7-11-21)25(26(31)18-8-12-22(33-2)13-9-18)23(29)14-15-24(30)28-20-5-3-4-19(27)16-20/h3-13,16,25H,14-15H2,1-2H3,(H,28,30). The lowest BCUT2D eigenvalue weighted by Gasteiger charge is -2.16. The minimum Gasteiger partial charge on any atom is -0.497 e. The van der Waals surface area contributed by atoms with E-state index in [1.807, 2.05) is 0 Å². The highest BCUT2D eigenvalue weighted by atomic mass is 35.5. The monoisotopic (exact) mass is 465 g/mol. The molecule has 3 aromatic carbocycles. The van der Waals surface area contributed by atoms with E-state index in [4.69, 9.17) is 21.1 Å². The van der Waals surface area contributed by atoms with Gasteiger partial charge in [-0.15, -0.1) is 0 Å². The van der Waals surface area contributed by atoms with Crippen molar-refractivity contribution >= 4 is 34.8 Å². The lowest BCUT2D eigenvalue weighted by atomic mass is 9.85. The number of halogens is 1. The number of nitrogens with one attached hydrogen (secondary N) is 1. The van der Waals surface area contributed by atoms with Crippen molar-refractivity contribution in [3.8, 4) is 11.5 Å². The molecule has 0 aliphatic heterocycles. The highest BCUT2D eigenvalue weighted by Crippen LogP contribution is 2.27. The number of benzene rings is 3. The largest absolute Gasteiger partial charge is 0.497 e. The molecule has 3 aromatic rings. The van der Waals surface area contributed by atoms with Crippen LogP contribution in [0.3, 0.4) is 0 Å². The van der Waals surface area contributed by atoms with Crippen molar-refractivity contribution in [1.29, 1.82) is 0 Å². The molecule has 0 saturated heterocycles. The summed E-state index contributed by atoms with van der Waals surface area (Å²) in [5.41, 5.74) is 1.46. The number of hydrogen-bond acceptors (Lipinski definition) is 5. The Bertz CT molecular complexity index is 1130. The van der Waals surface area contributed by atoms with Crippen LogP contribution in [0.5, 0.6) is 11.5 Å². The van der Waals surface area contributed by atoms with Gasteiger partial charge in [-0.1, -0.05) is 29.8 Å². The van der Waals surface area contributed by atoms with Gasteiger partial charge in [-0.25, -0.2) is 0 Å². The average molecular weight is 466 g/mol. The number of methoxy groups -OCH3 is 2. The number of anilines is 1. The van der Waals surface area contributed by atoms with E-state index in [9.17, 15) is 14.4 Å². The van der Waals surface area contributed by atoms with Gasteiger partial charge < -0.3 is 14.8 Å². The maximum absolute atomic E-state index is 13.3. The third kappa shape index (κ3) is 6.43. The van der Waals surface area contributed by atoms with Gasteiger partial charge in [0, 0.05) is 29.1 Å². The summed E-state index contributed by atoms with van der Waals surface area (Å²) in [6.07, 6.45) is -0.154. The van der Waals surface area contributed by atoms with Crippen LogP contribution in [-0.4, -0.2) is 31.7 Å². The number of rotatable bonds is 10. The number of carbonyl (C=O) groups excluding carboxylic acids is 3. The first kappa shape index (κ1) is 24.0. The fourth-order valence-corrected chi connectivity index (χ4v) is 3.56. The minimum atomic E-state index is -1.04. The molecule has 33 heavy (non-hydrogen) atoms. The second kappa shape index (κ2) is 11.3. The number of Topliss-reactive ketones (excluding diaryl/α,β-unsaturated/α-hetero) is 2. The zero-order valence-electron chi connectivity index (χ0n) is 18.3. The highest BCUT2D eigenvalue weighted by Gasteiger charge is 2.29. The molecule has 0 fully saturated rings. The fourth-order valence-electron chi connectivity index (χ4n) is 3.37. The molecule has 0 spiro atoms. The van der Waals surface area contributed by atoms with Crippen LogP contribution in [0, 0.1) is 0 Å². The van der Waals surface area contributed by atoms with Crippen molar-refractivity contribution in [3.05, 3.63) is 88.9 Å². The van der Waals surface area contributed by atoms with Gasteiger partial charge in [0.15, 0.2) is 5.78 Å². The predicted octanol–water partition coefficient (Wildman–Crippen LogP) is 5.31. The Morgan fingerprint density at radius 3 is 2.03 bits per heavy atom. The van der Waals surface area contributed by atoms with Crippen molar-refractivity contribution in [2.24, 2.45) is 0 Å². The van der Waals surface area contributed by atoms with Gasteiger partial charge in [-0.2, -0.15) is 0 Å². The van der Waals surface area contributed by atoms with Crippen LogP contribution >= 0.6 is 11.6 Å². The van der Waals surface area contributed by atoms with E-state index in [1.165, 1.54) is 7.11 Å². The van der Waals surface area contributed by atoms with Crippen molar-refractivity contribution in [1.82, 2.24) is 0 Å². The summed E-state index contributed by atoms with van der Waals surface area (Å²) >= 11 is 5.94. The summed E-state index contributed by atoms with van der Waals surface area (Å²) in [6, 6.07) is 20.1. The summed E-state index contributed by atoms with van der Waals surface area (Å²) in [7, 11) is 3.08. The average Bonchev–Trinajstić information content (AvgIpc) is 2.83. The number of hydrogen-bond donors (Lipinski definition) is 1. The topological polar surface area (TPSA) is 81.7 Å². The van der Waals surface area contributed by atoms with E-state index in [0.29, 0.717) is 33.3 Å². The predicted molar refractivity (Wildman–Crippen MR) is 127 cm³/mol. The van der Waals surface area contributed by atoms with Crippen LogP contribution in [0.1, 0.15) is 34.7 Å². The van der Waals surface area contributed by atoms with E-state index < -0.39 is 5.92 Å². The Morgan fingerprint density at radius 2 is 1.45 bits per heavy atom. The molecule has 6 nitrogen and oxygen atoms in total. The van der Waals surface area contributed by atoms with E-state index in [2.05, 4.69) is 5.32 Å². The molecule has 170 valence electrons. The molecule has 0 saturated carbocycles. The van der Waals surface area contributed by atoms with Gasteiger partial charge in [0.25, 0.3) is 0 Å². The van der Waals surface area contributed by atoms with Crippen LogP contribution in [0.15, 0.2) is 72.8 Å². The smallest absolute Gasteiger partial charge is 0.224 e. The molecule has 1 N–H and O–H groups in total. The molecule has 0 aromatic heterocycles. The quantitative estimate of drug-likeness (QED) is 0.324. The van der Waals surface area contributed by atoms with Crippen LogP contribution in [0.4, 0.5) is 5.69 Å². The van der Waals surface area contributed by atoms with Gasteiger partial charge >= 0.3 is 0 Å². The van der Waals surface area contributed by atoms with E-state index >= 15 is 0 Å². The summed E-state index contributed by atoms with van der Waals surface area (Å²) in [6.45, 7) is 0. The number of amides is 1. The summed E-state index contributed by atoms with van der Waals surface area (Å²) in [5, 5.41) is 3.21. The molecule has 0 heterocycles. The van der Waals surface area contributed by atoms with Crippen LogP contribution < -0.4 is 14.8 Å². The Kier molecular flexibility index (Phi) is 8.22. The normalized spacial score (nSPS) is 11.4. The van der Waals surface area contributed by atoms with Crippen LogP contribution in [-0.2, 0) is 9.59 Å². The Labute approximate surface area is 197 Å². The van der Waals surface area contributed by atoms with Gasteiger partial charge in [0.1, 0.15) is 23.2 Å². The molecule has 1 amide bonds. The summed E-state index contributed by atoms with van der Waals surface area (Å²) < 4.78 is 10.3. The maximum atomic E-state index is 13.3. The lowest BCUT2D eigenvalue weighted by molar-refractivity contribution is -0.123. The van der Waals surface area contributed by atoms with Crippen molar-refractivity contribution in [3.63, 3.8) is 0 Å². The Hall–Kier alpha value is -3.64. The van der Waals surface area contributed by atoms with E-state index in [1.54, 1.807) is 79.9 Å². The van der Waals surface area contributed by atoms with E-state index in [0.717, 1.165) is 0 Å². The van der Waals surface area contributed by atoms with Crippen LogP contribution in [0.2, 0.25) is 5.02 Å². The Morgan fingerprint density at radius 1 is 0.848 bits per heavy atom. The molecule has 0 aliphatic rings. The molecule has 0 aliphatic carbocycles. The number of ether oxygens (including phenoxy) is 2. The molecule has 1 atom stereocenters. The summed E-state index contributed by atoms with van der Waals surface area (Å²) in [5.74, 6) is -0.844. The van der Waals surface area contributed by atoms with Crippen LogP contribution in [0.25, 0.3) is 0 Å². The SMILES string of the molecule is COc1ccc(C(=O)C(C(=O)CCC(=O)Nc2cccc(Cl)c2)c2ccc(OC)cc2)cc1.